The number of halogens is 3. The summed E-state index contributed by atoms with van der Waals surface area (Å²) in [6, 6.07) is 5.34. The molecule has 0 unspecified atom stereocenters. The molecule has 1 aromatic heterocycles. The van der Waals surface area contributed by atoms with Crippen molar-refractivity contribution in [2.45, 2.75) is 25.9 Å². The monoisotopic (exact) mass is 413 g/mol. The summed E-state index contributed by atoms with van der Waals surface area (Å²) in [6.07, 6.45) is -4.35. The van der Waals surface area contributed by atoms with E-state index < -0.39 is 11.7 Å². The fourth-order valence-electron chi connectivity index (χ4n) is 2.92. The Labute approximate surface area is 165 Å². The van der Waals surface area contributed by atoms with Gasteiger partial charge in [-0.05, 0) is 18.2 Å². The second-order valence-corrected chi connectivity index (χ2v) is 7.97. The van der Waals surface area contributed by atoms with Crippen molar-refractivity contribution in [2.24, 2.45) is 0 Å². The summed E-state index contributed by atoms with van der Waals surface area (Å²) in [4.78, 5) is 16.1. The highest BCUT2D eigenvalue weighted by molar-refractivity contribution is 7.15. The Morgan fingerprint density at radius 2 is 1.93 bits per heavy atom. The fraction of sp³-hybridized carbons (Fsp3) is 0.500. The number of anilines is 2. The Bertz CT molecular complexity index is 816. The highest BCUT2D eigenvalue weighted by Gasteiger charge is 2.31. The van der Waals surface area contributed by atoms with Crippen LogP contribution in [0, 0.1) is 0 Å². The van der Waals surface area contributed by atoms with Crippen LogP contribution in [0.2, 0.25) is 0 Å². The minimum Gasteiger partial charge on any atom is -0.369 e. The fourth-order valence-corrected chi connectivity index (χ4v) is 3.69. The first-order chi connectivity index (χ1) is 13.2. The van der Waals surface area contributed by atoms with Gasteiger partial charge < -0.3 is 4.90 Å². The molecule has 2 aromatic rings. The molecule has 0 saturated carbocycles. The summed E-state index contributed by atoms with van der Waals surface area (Å²) >= 11 is 1.36. The number of nitrogens with one attached hydrogen (secondary N) is 1. The van der Waals surface area contributed by atoms with Gasteiger partial charge in [-0.3, -0.25) is 15.0 Å². The molecule has 1 amide bonds. The lowest BCUT2D eigenvalue weighted by Gasteiger charge is -2.35. The summed E-state index contributed by atoms with van der Waals surface area (Å²) in [5.74, 6) is 0.0889. The van der Waals surface area contributed by atoms with Crippen molar-refractivity contribution in [2.75, 3.05) is 42.9 Å². The quantitative estimate of drug-likeness (QED) is 0.814. The number of hydrogen-bond donors (Lipinski definition) is 1. The molecule has 1 aliphatic heterocycles. The molecule has 6 nitrogen and oxygen atoms in total. The highest BCUT2D eigenvalue weighted by Crippen LogP contribution is 2.31. The molecule has 2 heterocycles. The van der Waals surface area contributed by atoms with E-state index in [0.29, 0.717) is 37.0 Å². The molecule has 10 heteroatoms. The molecule has 28 heavy (non-hydrogen) atoms. The Kier molecular flexibility index (Phi) is 6.19. The second-order valence-electron chi connectivity index (χ2n) is 6.96. The van der Waals surface area contributed by atoms with Crippen LogP contribution in [0.25, 0.3) is 0 Å². The number of carbonyl (C=O) groups is 1. The summed E-state index contributed by atoms with van der Waals surface area (Å²) in [5, 5.41) is 12.1. The molecule has 0 aliphatic carbocycles. The summed E-state index contributed by atoms with van der Waals surface area (Å²) < 4.78 is 38.7. The van der Waals surface area contributed by atoms with Gasteiger partial charge in [0, 0.05) is 37.8 Å². The molecule has 3 rings (SSSR count). The number of rotatable bonds is 5. The smallest absolute Gasteiger partial charge is 0.369 e. The molecule has 0 atom stereocenters. The SMILES string of the molecule is CC(C)c1nnc(NC(=O)CN2CCN(c3cccc(C(F)(F)F)c3)CC2)s1. The number of piperazine rings is 1. The normalized spacial score (nSPS) is 15.9. The highest BCUT2D eigenvalue weighted by atomic mass is 32.1. The van der Waals surface area contributed by atoms with Crippen molar-refractivity contribution in [1.29, 1.82) is 0 Å². The number of aromatic nitrogens is 2. The molecule has 1 aromatic carbocycles. The molecule has 1 saturated heterocycles. The number of hydrogen-bond acceptors (Lipinski definition) is 6. The Hall–Kier alpha value is -2.20. The van der Waals surface area contributed by atoms with Crippen LogP contribution in [0.3, 0.4) is 0 Å². The Balaban J connectivity index is 1.50. The van der Waals surface area contributed by atoms with E-state index in [1.165, 1.54) is 23.5 Å². The predicted octanol–water partition coefficient (Wildman–Crippen LogP) is 3.44. The summed E-state index contributed by atoms with van der Waals surface area (Å²) in [6.45, 7) is 6.54. The predicted molar refractivity (Wildman–Crippen MR) is 103 cm³/mol. The molecular formula is C18H22F3N5OS. The van der Waals surface area contributed by atoms with E-state index in [2.05, 4.69) is 15.5 Å². The standard InChI is InChI=1S/C18H22F3N5OS/c1-12(2)16-23-24-17(28-16)22-15(27)11-25-6-8-26(9-7-25)14-5-3-4-13(10-14)18(19,20)21/h3-5,10,12H,6-9,11H2,1-2H3,(H,22,24,27). The van der Waals surface area contributed by atoms with Gasteiger partial charge in [-0.1, -0.05) is 31.3 Å². The van der Waals surface area contributed by atoms with Crippen molar-refractivity contribution in [3.8, 4) is 0 Å². The zero-order chi connectivity index (χ0) is 20.3. The van der Waals surface area contributed by atoms with E-state index in [1.807, 2.05) is 23.6 Å². The first kappa shape index (κ1) is 20.5. The van der Waals surface area contributed by atoms with Gasteiger partial charge >= 0.3 is 6.18 Å². The van der Waals surface area contributed by atoms with Gasteiger partial charge in [-0.2, -0.15) is 13.2 Å². The maximum Gasteiger partial charge on any atom is 0.416 e. The third-order valence-electron chi connectivity index (χ3n) is 4.46. The third-order valence-corrected chi connectivity index (χ3v) is 5.60. The van der Waals surface area contributed by atoms with Gasteiger partial charge in [0.2, 0.25) is 11.0 Å². The van der Waals surface area contributed by atoms with Gasteiger partial charge in [0.05, 0.1) is 12.1 Å². The van der Waals surface area contributed by atoms with Crippen LogP contribution >= 0.6 is 11.3 Å². The van der Waals surface area contributed by atoms with Crippen LogP contribution in [0.5, 0.6) is 0 Å². The van der Waals surface area contributed by atoms with E-state index in [4.69, 9.17) is 0 Å². The molecule has 1 fully saturated rings. The van der Waals surface area contributed by atoms with Crippen molar-refractivity contribution in [3.05, 3.63) is 34.8 Å². The lowest BCUT2D eigenvalue weighted by Crippen LogP contribution is -2.48. The number of amides is 1. The molecule has 152 valence electrons. The Morgan fingerprint density at radius 3 is 2.54 bits per heavy atom. The van der Waals surface area contributed by atoms with Gasteiger partial charge in [0.1, 0.15) is 5.01 Å². The van der Waals surface area contributed by atoms with E-state index in [0.717, 1.165) is 11.1 Å². The minimum atomic E-state index is -4.35. The zero-order valence-corrected chi connectivity index (χ0v) is 16.5. The lowest BCUT2D eigenvalue weighted by atomic mass is 10.1. The van der Waals surface area contributed by atoms with Crippen molar-refractivity contribution < 1.29 is 18.0 Å². The van der Waals surface area contributed by atoms with Gasteiger partial charge in [0.25, 0.3) is 0 Å². The van der Waals surface area contributed by atoms with Gasteiger partial charge in [-0.15, -0.1) is 10.2 Å². The van der Waals surface area contributed by atoms with Crippen LogP contribution in [-0.2, 0) is 11.0 Å². The maximum atomic E-state index is 12.9. The number of nitrogens with zero attached hydrogens (tertiary/aromatic N) is 4. The van der Waals surface area contributed by atoms with E-state index in [1.54, 1.807) is 6.07 Å². The van der Waals surface area contributed by atoms with Crippen molar-refractivity contribution in [1.82, 2.24) is 15.1 Å². The number of carbonyl (C=O) groups excluding carboxylic acids is 1. The second kappa shape index (κ2) is 8.44. The van der Waals surface area contributed by atoms with E-state index in [9.17, 15) is 18.0 Å². The van der Waals surface area contributed by atoms with Crippen molar-refractivity contribution >= 4 is 28.1 Å². The number of benzene rings is 1. The van der Waals surface area contributed by atoms with Crippen molar-refractivity contribution in [3.63, 3.8) is 0 Å². The topological polar surface area (TPSA) is 61.4 Å². The van der Waals surface area contributed by atoms with E-state index >= 15 is 0 Å². The average molecular weight is 413 g/mol. The largest absolute Gasteiger partial charge is 0.416 e. The molecule has 0 radical (unpaired) electrons. The summed E-state index contributed by atoms with van der Waals surface area (Å²) in [7, 11) is 0. The average Bonchev–Trinajstić information content (AvgIpc) is 3.10. The lowest BCUT2D eigenvalue weighted by molar-refractivity contribution is -0.137. The number of alkyl halides is 3. The van der Waals surface area contributed by atoms with Gasteiger partial charge in [0.15, 0.2) is 0 Å². The first-order valence-electron chi connectivity index (χ1n) is 9.00. The molecule has 0 spiro atoms. The van der Waals surface area contributed by atoms with Gasteiger partial charge in [-0.25, -0.2) is 0 Å². The molecule has 1 N–H and O–H groups in total. The molecule has 1 aliphatic rings. The maximum absolute atomic E-state index is 12.9. The van der Waals surface area contributed by atoms with Crippen LogP contribution < -0.4 is 10.2 Å². The summed E-state index contributed by atoms with van der Waals surface area (Å²) in [5.41, 5.74) is -0.0985. The van der Waals surface area contributed by atoms with Crippen LogP contribution in [0.1, 0.15) is 30.3 Å². The zero-order valence-electron chi connectivity index (χ0n) is 15.7. The van der Waals surface area contributed by atoms with E-state index in [-0.39, 0.29) is 18.4 Å². The first-order valence-corrected chi connectivity index (χ1v) is 9.82. The molecule has 0 bridgehead atoms. The minimum absolute atomic E-state index is 0.168. The van der Waals surface area contributed by atoms with Crippen LogP contribution in [0.15, 0.2) is 24.3 Å². The van der Waals surface area contributed by atoms with Crippen LogP contribution in [0.4, 0.5) is 24.0 Å². The van der Waals surface area contributed by atoms with Crippen LogP contribution in [-0.4, -0.2) is 53.7 Å². The molecular weight excluding hydrogens is 391 g/mol. The Morgan fingerprint density at radius 1 is 1.21 bits per heavy atom. The third kappa shape index (κ3) is 5.20.